The molecule has 146 valence electrons. The largest absolute Gasteiger partial charge is 0.416 e. The molecule has 4 rings (SSSR count). The molecule has 1 aromatic carbocycles. The highest BCUT2D eigenvalue weighted by Crippen LogP contribution is 2.31. The first-order valence-corrected chi connectivity index (χ1v) is 9.26. The van der Waals surface area contributed by atoms with Crippen molar-refractivity contribution in [1.82, 2.24) is 20.1 Å². The van der Waals surface area contributed by atoms with Crippen LogP contribution in [0, 0.1) is 6.92 Å². The lowest BCUT2D eigenvalue weighted by Crippen LogP contribution is -2.34. The minimum absolute atomic E-state index is 0.249. The van der Waals surface area contributed by atoms with Crippen molar-refractivity contribution in [3.05, 3.63) is 63.4 Å². The molecule has 1 N–H and O–H groups in total. The molecule has 10 heteroatoms. The molecule has 0 fully saturated rings. The molecule has 1 amide bonds. The Labute approximate surface area is 162 Å². The first-order valence-electron chi connectivity index (χ1n) is 8.38. The summed E-state index contributed by atoms with van der Waals surface area (Å²) < 4.78 is 45.4. The minimum atomic E-state index is -4.39. The van der Waals surface area contributed by atoms with Crippen molar-refractivity contribution in [1.29, 1.82) is 0 Å². The first-order chi connectivity index (χ1) is 13.3. The van der Waals surface area contributed by atoms with Gasteiger partial charge in [0, 0.05) is 10.9 Å². The van der Waals surface area contributed by atoms with Gasteiger partial charge in [0.25, 0.3) is 5.91 Å². The quantitative estimate of drug-likeness (QED) is 0.718. The number of halogens is 3. The number of benzene rings is 1. The van der Waals surface area contributed by atoms with Gasteiger partial charge in [-0.2, -0.15) is 18.3 Å². The summed E-state index contributed by atoms with van der Waals surface area (Å²) in [5, 5.41) is 9.64. The van der Waals surface area contributed by atoms with Crippen molar-refractivity contribution in [2.45, 2.75) is 25.7 Å². The third-order valence-electron chi connectivity index (χ3n) is 4.40. The van der Waals surface area contributed by atoms with E-state index in [0.29, 0.717) is 17.1 Å². The van der Waals surface area contributed by atoms with Crippen LogP contribution in [0.2, 0.25) is 0 Å². The Morgan fingerprint density at radius 1 is 1.32 bits per heavy atom. The molecule has 0 radical (unpaired) electrons. The van der Waals surface area contributed by atoms with Crippen LogP contribution in [0.25, 0.3) is 5.69 Å². The summed E-state index contributed by atoms with van der Waals surface area (Å²) >= 11 is 1.38. The zero-order valence-electron chi connectivity index (χ0n) is 14.7. The molecule has 0 aliphatic carbocycles. The number of aromatic nitrogens is 3. The summed E-state index contributed by atoms with van der Waals surface area (Å²) in [6.45, 7) is 2.34. The van der Waals surface area contributed by atoms with Crippen molar-refractivity contribution in [2.75, 3.05) is 6.61 Å². The summed E-state index contributed by atoms with van der Waals surface area (Å²) in [5.41, 5.74) is 1.55. The van der Waals surface area contributed by atoms with Crippen molar-refractivity contribution < 1.29 is 22.7 Å². The van der Waals surface area contributed by atoms with Crippen LogP contribution in [0.3, 0.4) is 0 Å². The highest BCUT2D eigenvalue weighted by atomic mass is 32.1. The SMILES string of the molecule is Cc1nc(C(=O)NC2COCc3c2cnn3-c2ccc(C(F)(F)F)cc2)cs1. The van der Waals surface area contributed by atoms with E-state index in [2.05, 4.69) is 15.4 Å². The Morgan fingerprint density at radius 2 is 2.07 bits per heavy atom. The maximum atomic E-state index is 12.8. The van der Waals surface area contributed by atoms with E-state index < -0.39 is 17.8 Å². The van der Waals surface area contributed by atoms with Gasteiger partial charge in [-0.1, -0.05) is 0 Å². The van der Waals surface area contributed by atoms with Crippen LogP contribution >= 0.6 is 11.3 Å². The van der Waals surface area contributed by atoms with Gasteiger partial charge < -0.3 is 10.1 Å². The number of rotatable bonds is 3. The zero-order valence-corrected chi connectivity index (χ0v) is 15.5. The van der Waals surface area contributed by atoms with Gasteiger partial charge in [-0.15, -0.1) is 11.3 Å². The molecule has 0 bridgehead atoms. The lowest BCUT2D eigenvalue weighted by Gasteiger charge is -2.24. The van der Waals surface area contributed by atoms with Gasteiger partial charge in [0.2, 0.25) is 0 Å². The molecule has 2 aromatic heterocycles. The molecule has 1 aliphatic heterocycles. The molecule has 3 aromatic rings. The highest BCUT2D eigenvalue weighted by molar-refractivity contribution is 7.09. The number of hydrogen-bond acceptors (Lipinski definition) is 5. The predicted molar refractivity (Wildman–Crippen MR) is 95.3 cm³/mol. The normalized spacial score (nSPS) is 16.6. The Morgan fingerprint density at radius 3 is 2.71 bits per heavy atom. The van der Waals surface area contributed by atoms with Gasteiger partial charge in [0.05, 0.1) is 47.4 Å². The Bertz CT molecular complexity index is 1010. The molecule has 0 saturated heterocycles. The van der Waals surface area contributed by atoms with E-state index in [1.165, 1.54) is 28.2 Å². The fourth-order valence-electron chi connectivity index (χ4n) is 3.02. The summed E-state index contributed by atoms with van der Waals surface area (Å²) in [4.78, 5) is 16.6. The van der Waals surface area contributed by atoms with Gasteiger partial charge in [0.15, 0.2) is 0 Å². The van der Waals surface area contributed by atoms with Crippen LogP contribution in [-0.4, -0.2) is 27.3 Å². The molecule has 0 spiro atoms. The number of nitrogens with one attached hydrogen (secondary N) is 1. The van der Waals surface area contributed by atoms with Gasteiger partial charge in [-0.25, -0.2) is 9.67 Å². The number of amides is 1. The van der Waals surface area contributed by atoms with E-state index in [9.17, 15) is 18.0 Å². The van der Waals surface area contributed by atoms with Gasteiger partial charge in [-0.05, 0) is 31.2 Å². The van der Waals surface area contributed by atoms with Crippen LogP contribution < -0.4 is 5.32 Å². The number of fused-ring (bicyclic) bond motifs is 1. The molecular weight excluding hydrogens is 393 g/mol. The number of carbonyl (C=O) groups excluding carboxylic acids is 1. The van der Waals surface area contributed by atoms with Crippen molar-refractivity contribution in [2.24, 2.45) is 0 Å². The summed E-state index contributed by atoms with van der Waals surface area (Å²) in [7, 11) is 0. The number of aryl methyl sites for hydroxylation is 1. The Balaban J connectivity index is 1.58. The summed E-state index contributed by atoms with van der Waals surface area (Å²) in [5.74, 6) is -0.312. The molecule has 3 heterocycles. The number of ether oxygens (including phenoxy) is 1. The molecule has 6 nitrogen and oxygen atoms in total. The topological polar surface area (TPSA) is 69.0 Å². The second-order valence-corrected chi connectivity index (χ2v) is 7.36. The van der Waals surface area contributed by atoms with Crippen molar-refractivity contribution >= 4 is 17.2 Å². The zero-order chi connectivity index (χ0) is 19.9. The lowest BCUT2D eigenvalue weighted by molar-refractivity contribution is -0.137. The molecule has 1 unspecified atom stereocenters. The smallest absolute Gasteiger partial charge is 0.373 e. The molecule has 0 saturated carbocycles. The lowest BCUT2D eigenvalue weighted by atomic mass is 10.1. The second kappa shape index (κ2) is 7.02. The van der Waals surface area contributed by atoms with Crippen LogP contribution in [0.4, 0.5) is 13.2 Å². The van der Waals surface area contributed by atoms with E-state index in [0.717, 1.165) is 22.7 Å². The monoisotopic (exact) mass is 408 g/mol. The van der Waals surface area contributed by atoms with Gasteiger partial charge >= 0.3 is 6.18 Å². The molecule has 1 aliphatic rings. The fourth-order valence-corrected chi connectivity index (χ4v) is 3.61. The standard InChI is InChI=1S/C18H15F3N4O2S/c1-10-23-15(9-28-10)17(26)24-14-7-27-8-16-13(14)6-22-25(16)12-4-2-11(3-5-12)18(19,20)21/h2-6,9,14H,7-8H2,1H3,(H,24,26). The average molecular weight is 408 g/mol. The van der Waals surface area contributed by atoms with Crippen LogP contribution in [0.15, 0.2) is 35.8 Å². The predicted octanol–water partition coefficient (Wildman–Crippen LogP) is 3.66. The second-order valence-electron chi connectivity index (χ2n) is 6.30. The van der Waals surface area contributed by atoms with Crippen molar-refractivity contribution in [3.63, 3.8) is 0 Å². The maximum absolute atomic E-state index is 12.8. The number of hydrogen-bond donors (Lipinski definition) is 1. The van der Waals surface area contributed by atoms with Crippen molar-refractivity contribution in [3.8, 4) is 5.69 Å². The minimum Gasteiger partial charge on any atom is -0.373 e. The van der Waals surface area contributed by atoms with E-state index in [1.54, 1.807) is 11.6 Å². The van der Waals surface area contributed by atoms with E-state index >= 15 is 0 Å². The number of nitrogens with zero attached hydrogens (tertiary/aromatic N) is 3. The fraction of sp³-hybridized carbons (Fsp3) is 0.278. The number of thiazole rings is 1. The average Bonchev–Trinajstić information content (AvgIpc) is 3.28. The first kappa shape index (κ1) is 18.6. The maximum Gasteiger partial charge on any atom is 0.416 e. The highest BCUT2D eigenvalue weighted by Gasteiger charge is 2.31. The summed E-state index contributed by atoms with van der Waals surface area (Å²) in [6, 6.07) is 4.32. The van der Waals surface area contributed by atoms with E-state index in [-0.39, 0.29) is 19.1 Å². The van der Waals surface area contributed by atoms with Crippen LogP contribution in [0.5, 0.6) is 0 Å². The van der Waals surface area contributed by atoms with Gasteiger partial charge in [-0.3, -0.25) is 4.79 Å². The van der Waals surface area contributed by atoms with Crippen LogP contribution in [0.1, 0.15) is 38.4 Å². The van der Waals surface area contributed by atoms with Gasteiger partial charge in [0.1, 0.15) is 5.69 Å². The van der Waals surface area contributed by atoms with Crippen LogP contribution in [-0.2, 0) is 17.5 Å². The molecular formula is C18H15F3N4O2S. The Kier molecular flexibility index (Phi) is 4.68. The Hall–Kier alpha value is -2.72. The third-order valence-corrected chi connectivity index (χ3v) is 5.17. The number of carbonyl (C=O) groups is 1. The number of alkyl halides is 3. The summed E-state index contributed by atoms with van der Waals surface area (Å²) in [6.07, 6.45) is -2.79. The third kappa shape index (κ3) is 3.52. The molecule has 28 heavy (non-hydrogen) atoms. The van der Waals surface area contributed by atoms with E-state index in [1.807, 2.05) is 6.92 Å². The van der Waals surface area contributed by atoms with E-state index in [4.69, 9.17) is 4.74 Å². The molecule has 1 atom stereocenters.